The Bertz CT molecular complexity index is 252. The van der Waals surface area contributed by atoms with Gasteiger partial charge in [0.15, 0.2) is 5.17 Å². The predicted octanol–water partition coefficient (Wildman–Crippen LogP) is 3.28. The van der Waals surface area contributed by atoms with Gasteiger partial charge in [-0.25, -0.2) is 0 Å². The molecule has 0 spiro atoms. The van der Waals surface area contributed by atoms with Gasteiger partial charge in [-0.05, 0) is 24.7 Å². The van der Waals surface area contributed by atoms with Crippen LogP contribution in [0.4, 0.5) is 0 Å². The second kappa shape index (κ2) is 5.95. The van der Waals surface area contributed by atoms with Crippen LogP contribution in [0, 0.1) is 11.8 Å². The highest BCUT2D eigenvalue weighted by atomic mass is 32.2. The number of thioether (sulfide) groups is 1. The van der Waals surface area contributed by atoms with Crippen molar-refractivity contribution >= 4 is 16.9 Å². The summed E-state index contributed by atoms with van der Waals surface area (Å²) in [6.07, 6.45) is 6.86. The second-order valence-corrected chi connectivity index (χ2v) is 6.35. The van der Waals surface area contributed by atoms with E-state index in [1.807, 2.05) is 11.8 Å². The van der Waals surface area contributed by atoms with Gasteiger partial charge in [0.25, 0.3) is 0 Å². The predicted molar refractivity (Wildman–Crippen MR) is 73.1 cm³/mol. The Balaban J connectivity index is 1.80. The van der Waals surface area contributed by atoms with Crippen LogP contribution < -0.4 is 5.32 Å². The van der Waals surface area contributed by atoms with Crippen LogP contribution in [-0.4, -0.2) is 23.5 Å². The number of hydrogen-bond donors (Lipinski definition) is 1. The highest BCUT2D eigenvalue weighted by molar-refractivity contribution is 8.13. The summed E-state index contributed by atoms with van der Waals surface area (Å²) in [4.78, 5) is 4.62. The van der Waals surface area contributed by atoms with Gasteiger partial charge >= 0.3 is 0 Å². The van der Waals surface area contributed by atoms with Crippen LogP contribution in [0.3, 0.4) is 0 Å². The molecule has 0 aromatic heterocycles. The molecule has 92 valence electrons. The van der Waals surface area contributed by atoms with Crippen LogP contribution in [0.25, 0.3) is 0 Å². The van der Waals surface area contributed by atoms with E-state index in [2.05, 4.69) is 24.2 Å². The molecule has 1 aliphatic heterocycles. The standard InChI is InChI=1S/C13H24N2S/c1-3-11-5-4-6-12(7-11)15-13-14-8-10(2)9-16-13/h10-12H,3-9H2,1-2H3,(H,14,15). The highest BCUT2D eigenvalue weighted by Gasteiger charge is 2.22. The van der Waals surface area contributed by atoms with Gasteiger partial charge in [-0.15, -0.1) is 0 Å². The average Bonchev–Trinajstić information content (AvgIpc) is 2.32. The molecule has 0 bridgehead atoms. The number of hydrogen-bond acceptors (Lipinski definition) is 3. The van der Waals surface area contributed by atoms with E-state index in [0.29, 0.717) is 6.04 Å². The van der Waals surface area contributed by atoms with Crippen LogP contribution in [0.15, 0.2) is 4.99 Å². The summed E-state index contributed by atoms with van der Waals surface area (Å²) >= 11 is 1.91. The lowest BCUT2D eigenvalue weighted by Crippen LogP contribution is -2.38. The molecule has 3 unspecified atom stereocenters. The molecule has 2 aliphatic rings. The van der Waals surface area contributed by atoms with Crippen molar-refractivity contribution in [3.8, 4) is 0 Å². The van der Waals surface area contributed by atoms with Gasteiger partial charge in [-0.1, -0.05) is 44.9 Å². The van der Waals surface area contributed by atoms with Crippen LogP contribution in [0.1, 0.15) is 46.0 Å². The first-order valence-electron chi connectivity index (χ1n) is 6.71. The third-order valence-corrected chi connectivity index (χ3v) is 4.99. The zero-order valence-corrected chi connectivity index (χ0v) is 11.4. The quantitative estimate of drug-likeness (QED) is 0.801. The van der Waals surface area contributed by atoms with Crippen molar-refractivity contribution in [1.29, 1.82) is 0 Å². The summed E-state index contributed by atoms with van der Waals surface area (Å²) in [6, 6.07) is 0.693. The lowest BCUT2D eigenvalue weighted by atomic mass is 9.84. The van der Waals surface area contributed by atoms with Crippen LogP contribution in [0.5, 0.6) is 0 Å². The number of nitrogens with one attached hydrogen (secondary N) is 1. The van der Waals surface area contributed by atoms with Crippen molar-refractivity contribution < 1.29 is 0 Å². The molecule has 3 atom stereocenters. The maximum atomic E-state index is 4.62. The van der Waals surface area contributed by atoms with Crippen LogP contribution in [0.2, 0.25) is 0 Å². The van der Waals surface area contributed by atoms with E-state index < -0.39 is 0 Å². The minimum absolute atomic E-state index is 0.693. The van der Waals surface area contributed by atoms with Crippen LogP contribution >= 0.6 is 11.8 Å². The Morgan fingerprint density at radius 2 is 2.31 bits per heavy atom. The Hall–Kier alpha value is -0.180. The Morgan fingerprint density at radius 3 is 3.00 bits per heavy atom. The minimum atomic E-state index is 0.693. The smallest absolute Gasteiger partial charge is 0.156 e. The highest BCUT2D eigenvalue weighted by Crippen LogP contribution is 2.27. The SMILES string of the molecule is CCC1CCCC(NC2=NCC(C)CS2)C1. The average molecular weight is 240 g/mol. The van der Waals surface area contributed by atoms with Crippen molar-refractivity contribution in [3.05, 3.63) is 0 Å². The molecule has 1 N–H and O–H groups in total. The molecule has 0 aromatic carbocycles. The molecular formula is C13H24N2S. The molecule has 1 heterocycles. The Labute approximate surface area is 104 Å². The summed E-state index contributed by atoms with van der Waals surface area (Å²) in [5.41, 5.74) is 0. The van der Waals surface area contributed by atoms with E-state index in [9.17, 15) is 0 Å². The summed E-state index contributed by atoms with van der Waals surface area (Å²) < 4.78 is 0. The van der Waals surface area contributed by atoms with E-state index >= 15 is 0 Å². The first-order chi connectivity index (χ1) is 7.78. The minimum Gasteiger partial charge on any atom is -0.362 e. The summed E-state index contributed by atoms with van der Waals surface area (Å²) in [5, 5.41) is 4.86. The Morgan fingerprint density at radius 1 is 1.44 bits per heavy atom. The van der Waals surface area contributed by atoms with Gasteiger partial charge in [0.2, 0.25) is 0 Å². The van der Waals surface area contributed by atoms with Gasteiger partial charge in [0.1, 0.15) is 0 Å². The first-order valence-corrected chi connectivity index (χ1v) is 7.70. The van der Waals surface area contributed by atoms with Gasteiger partial charge in [-0.2, -0.15) is 0 Å². The largest absolute Gasteiger partial charge is 0.362 e. The van der Waals surface area contributed by atoms with Crippen molar-refractivity contribution in [2.75, 3.05) is 12.3 Å². The molecule has 2 nitrogen and oxygen atoms in total. The molecule has 16 heavy (non-hydrogen) atoms. The molecular weight excluding hydrogens is 216 g/mol. The third kappa shape index (κ3) is 3.41. The molecule has 0 radical (unpaired) electrons. The third-order valence-electron chi connectivity index (χ3n) is 3.74. The van der Waals surface area contributed by atoms with E-state index in [4.69, 9.17) is 0 Å². The van der Waals surface area contributed by atoms with E-state index in [0.717, 1.165) is 18.4 Å². The molecule has 0 amide bonds. The lowest BCUT2D eigenvalue weighted by molar-refractivity contribution is 0.300. The fraction of sp³-hybridized carbons (Fsp3) is 0.923. The zero-order chi connectivity index (χ0) is 11.4. The maximum absolute atomic E-state index is 4.62. The van der Waals surface area contributed by atoms with Gasteiger partial charge in [0, 0.05) is 18.3 Å². The summed E-state index contributed by atoms with van der Waals surface area (Å²) in [6.45, 7) is 5.61. The lowest BCUT2D eigenvalue weighted by Gasteiger charge is -2.31. The fourth-order valence-corrected chi connectivity index (χ4v) is 3.58. The van der Waals surface area contributed by atoms with Gasteiger partial charge in [-0.3, -0.25) is 4.99 Å². The zero-order valence-electron chi connectivity index (χ0n) is 10.5. The molecule has 1 saturated carbocycles. The van der Waals surface area contributed by atoms with Crippen molar-refractivity contribution in [2.24, 2.45) is 16.8 Å². The molecule has 3 heteroatoms. The number of aliphatic imine (C=N–C) groups is 1. The van der Waals surface area contributed by atoms with E-state index in [-0.39, 0.29) is 0 Å². The number of amidine groups is 1. The van der Waals surface area contributed by atoms with Gasteiger partial charge in [0.05, 0.1) is 0 Å². The molecule has 0 aromatic rings. The van der Waals surface area contributed by atoms with Gasteiger partial charge < -0.3 is 5.32 Å². The second-order valence-electron chi connectivity index (χ2n) is 5.34. The summed E-state index contributed by atoms with van der Waals surface area (Å²) in [5.74, 6) is 2.93. The van der Waals surface area contributed by atoms with Crippen LogP contribution in [-0.2, 0) is 0 Å². The molecule has 2 rings (SSSR count). The molecule has 1 fully saturated rings. The Kier molecular flexibility index (Phi) is 4.56. The fourth-order valence-electron chi connectivity index (χ4n) is 2.61. The van der Waals surface area contributed by atoms with Crippen molar-refractivity contribution in [2.45, 2.75) is 52.0 Å². The van der Waals surface area contributed by atoms with Crippen molar-refractivity contribution in [1.82, 2.24) is 5.32 Å². The summed E-state index contributed by atoms with van der Waals surface area (Å²) in [7, 11) is 0. The maximum Gasteiger partial charge on any atom is 0.156 e. The first kappa shape index (κ1) is 12.3. The number of rotatable bonds is 2. The molecule has 1 aliphatic carbocycles. The number of nitrogens with zero attached hydrogens (tertiary/aromatic N) is 1. The monoisotopic (exact) mass is 240 g/mol. The normalized spacial score (nSPS) is 35.6. The van der Waals surface area contributed by atoms with E-state index in [1.165, 1.54) is 43.0 Å². The topological polar surface area (TPSA) is 24.4 Å². The van der Waals surface area contributed by atoms with E-state index in [1.54, 1.807) is 0 Å². The van der Waals surface area contributed by atoms with Crippen molar-refractivity contribution in [3.63, 3.8) is 0 Å². The molecule has 0 saturated heterocycles.